The molecule has 1 saturated heterocycles. The number of nitrogens with zero attached hydrogens (tertiary/aromatic N) is 1. The van der Waals surface area contributed by atoms with Crippen molar-refractivity contribution in [3.05, 3.63) is 54.1 Å². The first-order chi connectivity index (χ1) is 11.5. The molecule has 2 amide bonds. The Kier molecular flexibility index (Phi) is 4.26. The van der Waals surface area contributed by atoms with E-state index in [-0.39, 0.29) is 29.5 Å². The van der Waals surface area contributed by atoms with Crippen molar-refractivity contribution in [3.8, 4) is 0 Å². The molecule has 1 heterocycles. The highest BCUT2D eigenvalue weighted by Gasteiger charge is 2.40. The first-order valence-corrected chi connectivity index (χ1v) is 8.04. The van der Waals surface area contributed by atoms with Gasteiger partial charge in [0.2, 0.25) is 11.8 Å². The van der Waals surface area contributed by atoms with E-state index >= 15 is 0 Å². The highest BCUT2D eigenvalue weighted by molar-refractivity contribution is 8.00. The molecule has 0 aromatic heterocycles. The number of rotatable bonds is 4. The van der Waals surface area contributed by atoms with Crippen LogP contribution in [0.25, 0.3) is 0 Å². The van der Waals surface area contributed by atoms with Gasteiger partial charge in [-0.2, -0.15) is 0 Å². The van der Waals surface area contributed by atoms with Crippen LogP contribution in [0.3, 0.4) is 0 Å². The summed E-state index contributed by atoms with van der Waals surface area (Å²) in [5.74, 6) is -2.12. The molecule has 6 nitrogen and oxygen atoms in total. The Morgan fingerprint density at radius 2 is 1.92 bits per heavy atom. The Labute approximate surface area is 142 Å². The van der Waals surface area contributed by atoms with E-state index in [1.165, 1.54) is 36.0 Å². The van der Waals surface area contributed by atoms with Crippen LogP contribution in [0.1, 0.15) is 16.8 Å². The van der Waals surface area contributed by atoms with Crippen molar-refractivity contribution in [3.63, 3.8) is 0 Å². The summed E-state index contributed by atoms with van der Waals surface area (Å²) in [5.41, 5.74) is 6.56. The first-order valence-electron chi connectivity index (χ1n) is 7.17. The first kappa shape index (κ1) is 16.1. The van der Waals surface area contributed by atoms with Gasteiger partial charge in [-0.3, -0.25) is 9.59 Å². The second-order valence-electron chi connectivity index (χ2n) is 5.25. The SMILES string of the molecule is Nc1ccccc1S[C@@H]1CC(=O)N(c2cccc(C(=O)[O-])c2)C1=O. The average Bonchev–Trinajstić information content (AvgIpc) is 2.83. The molecule has 7 heteroatoms. The molecule has 0 saturated carbocycles. The van der Waals surface area contributed by atoms with E-state index < -0.39 is 11.2 Å². The topological polar surface area (TPSA) is 104 Å². The molecule has 122 valence electrons. The molecule has 0 radical (unpaired) electrons. The maximum atomic E-state index is 12.6. The zero-order chi connectivity index (χ0) is 17.3. The van der Waals surface area contributed by atoms with Gasteiger partial charge < -0.3 is 15.6 Å². The number of carboxylic acid groups (broad SMARTS) is 1. The van der Waals surface area contributed by atoms with Crippen LogP contribution in [0, 0.1) is 0 Å². The van der Waals surface area contributed by atoms with Crippen LogP contribution in [0.5, 0.6) is 0 Å². The monoisotopic (exact) mass is 341 g/mol. The molecule has 0 spiro atoms. The molecule has 1 aliphatic rings. The highest BCUT2D eigenvalue weighted by atomic mass is 32.2. The summed E-state index contributed by atoms with van der Waals surface area (Å²) in [4.78, 5) is 37.5. The number of nitrogens with two attached hydrogens (primary N) is 1. The van der Waals surface area contributed by atoms with Crippen LogP contribution < -0.4 is 15.7 Å². The molecule has 1 fully saturated rings. The van der Waals surface area contributed by atoms with Gasteiger partial charge in [-0.15, -0.1) is 11.8 Å². The molecular weight excluding hydrogens is 328 g/mol. The number of hydrogen-bond acceptors (Lipinski definition) is 6. The Morgan fingerprint density at radius 3 is 2.62 bits per heavy atom. The normalized spacial score (nSPS) is 17.3. The van der Waals surface area contributed by atoms with Crippen molar-refractivity contribution >= 4 is 40.9 Å². The Hall–Kier alpha value is -2.80. The van der Waals surface area contributed by atoms with Gasteiger partial charge in [0.15, 0.2) is 0 Å². The quantitative estimate of drug-likeness (QED) is 0.659. The van der Waals surface area contributed by atoms with Gasteiger partial charge in [-0.05, 0) is 29.8 Å². The van der Waals surface area contributed by atoms with E-state index in [9.17, 15) is 19.5 Å². The summed E-state index contributed by atoms with van der Waals surface area (Å²) in [6.45, 7) is 0. The minimum atomic E-state index is -1.36. The number of thioether (sulfide) groups is 1. The number of aromatic carboxylic acids is 1. The number of imide groups is 1. The molecule has 24 heavy (non-hydrogen) atoms. The fourth-order valence-corrected chi connectivity index (χ4v) is 3.58. The Balaban J connectivity index is 1.86. The van der Waals surface area contributed by atoms with E-state index in [1.54, 1.807) is 24.3 Å². The van der Waals surface area contributed by atoms with Gasteiger partial charge in [0.25, 0.3) is 0 Å². The number of benzene rings is 2. The van der Waals surface area contributed by atoms with Crippen LogP contribution in [0.2, 0.25) is 0 Å². The van der Waals surface area contributed by atoms with Crippen molar-refractivity contribution < 1.29 is 19.5 Å². The van der Waals surface area contributed by atoms with Crippen molar-refractivity contribution in [1.82, 2.24) is 0 Å². The lowest BCUT2D eigenvalue weighted by atomic mass is 10.2. The molecular formula is C17H13N2O4S-. The van der Waals surface area contributed by atoms with Gasteiger partial charge in [0, 0.05) is 17.0 Å². The third kappa shape index (κ3) is 2.98. The summed E-state index contributed by atoms with van der Waals surface area (Å²) in [7, 11) is 0. The molecule has 2 N–H and O–H groups in total. The maximum absolute atomic E-state index is 12.6. The third-order valence-electron chi connectivity index (χ3n) is 3.63. The zero-order valence-electron chi connectivity index (χ0n) is 12.5. The van der Waals surface area contributed by atoms with Crippen molar-refractivity contribution in [2.75, 3.05) is 10.6 Å². The molecule has 0 unspecified atom stereocenters. The van der Waals surface area contributed by atoms with E-state index in [0.29, 0.717) is 5.69 Å². The Morgan fingerprint density at radius 1 is 1.17 bits per heavy atom. The molecule has 0 bridgehead atoms. The second-order valence-corrected chi connectivity index (χ2v) is 6.50. The molecule has 2 aromatic rings. The molecule has 1 aliphatic heterocycles. The van der Waals surface area contributed by atoms with Crippen LogP contribution in [0.4, 0.5) is 11.4 Å². The lowest BCUT2D eigenvalue weighted by molar-refractivity contribution is -0.255. The number of carbonyl (C=O) groups is 3. The number of anilines is 2. The predicted octanol–water partition coefficient (Wildman–Crippen LogP) is 1.06. The maximum Gasteiger partial charge on any atom is 0.247 e. The highest BCUT2D eigenvalue weighted by Crippen LogP contribution is 2.36. The van der Waals surface area contributed by atoms with E-state index in [2.05, 4.69) is 0 Å². The predicted molar refractivity (Wildman–Crippen MR) is 88.4 cm³/mol. The summed E-state index contributed by atoms with van der Waals surface area (Å²) < 4.78 is 0. The summed E-state index contributed by atoms with van der Waals surface area (Å²) >= 11 is 1.23. The summed E-state index contributed by atoms with van der Waals surface area (Å²) in [5, 5.41) is 10.4. The smallest absolute Gasteiger partial charge is 0.247 e. The van der Waals surface area contributed by atoms with Gasteiger partial charge in [0.05, 0.1) is 16.9 Å². The van der Waals surface area contributed by atoms with Crippen LogP contribution >= 0.6 is 11.8 Å². The number of carboxylic acids is 1. The van der Waals surface area contributed by atoms with Crippen LogP contribution in [0.15, 0.2) is 53.4 Å². The fourth-order valence-electron chi connectivity index (χ4n) is 2.48. The number of hydrogen-bond donors (Lipinski definition) is 1. The molecule has 0 aliphatic carbocycles. The number of para-hydroxylation sites is 1. The number of carbonyl (C=O) groups excluding carboxylic acids is 3. The zero-order valence-corrected chi connectivity index (χ0v) is 13.3. The standard InChI is InChI=1S/C17H14N2O4S/c18-12-6-1-2-7-13(12)24-14-9-15(20)19(16(14)21)11-5-3-4-10(8-11)17(22)23/h1-8,14H,9,18H2,(H,22,23)/p-1/t14-/m1/s1. The average molecular weight is 341 g/mol. The summed E-state index contributed by atoms with van der Waals surface area (Å²) in [6.07, 6.45) is 0.0351. The lowest BCUT2D eigenvalue weighted by Crippen LogP contribution is -2.31. The van der Waals surface area contributed by atoms with Gasteiger partial charge in [-0.25, -0.2) is 4.90 Å². The number of amides is 2. The van der Waals surface area contributed by atoms with Gasteiger partial charge >= 0.3 is 0 Å². The molecule has 3 rings (SSSR count). The fraction of sp³-hybridized carbons (Fsp3) is 0.118. The van der Waals surface area contributed by atoms with E-state index in [0.717, 1.165) is 9.80 Å². The Bertz CT molecular complexity index is 837. The van der Waals surface area contributed by atoms with Gasteiger partial charge in [-0.1, -0.05) is 24.3 Å². The second kappa shape index (κ2) is 6.37. The van der Waals surface area contributed by atoms with E-state index in [1.807, 2.05) is 0 Å². The van der Waals surface area contributed by atoms with Crippen LogP contribution in [-0.4, -0.2) is 23.0 Å². The van der Waals surface area contributed by atoms with Gasteiger partial charge in [0.1, 0.15) is 0 Å². The van der Waals surface area contributed by atoms with Crippen molar-refractivity contribution in [2.24, 2.45) is 0 Å². The van der Waals surface area contributed by atoms with Crippen molar-refractivity contribution in [1.29, 1.82) is 0 Å². The number of nitrogen functional groups attached to an aromatic ring is 1. The van der Waals surface area contributed by atoms with Crippen LogP contribution in [-0.2, 0) is 9.59 Å². The minimum Gasteiger partial charge on any atom is -0.545 e. The largest absolute Gasteiger partial charge is 0.545 e. The minimum absolute atomic E-state index is 0.0351. The third-order valence-corrected chi connectivity index (χ3v) is 4.91. The lowest BCUT2D eigenvalue weighted by Gasteiger charge is -2.16. The molecule has 2 aromatic carbocycles. The molecule has 1 atom stereocenters. The summed E-state index contributed by atoms with van der Waals surface area (Å²) in [6, 6.07) is 12.7. The van der Waals surface area contributed by atoms with Crippen molar-refractivity contribution in [2.45, 2.75) is 16.6 Å². The van der Waals surface area contributed by atoms with E-state index in [4.69, 9.17) is 5.73 Å².